The molecule has 1 aliphatic heterocycles. The van der Waals surface area contributed by atoms with Crippen molar-refractivity contribution in [2.24, 2.45) is 13.0 Å². The van der Waals surface area contributed by atoms with Crippen LogP contribution >= 0.6 is 0 Å². The van der Waals surface area contributed by atoms with Crippen molar-refractivity contribution in [3.05, 3.63) is 30.6 Å². The predicted octanol–water partition coefficient (Wildman–Crippen LogP) is 3.80. The van der Waals surface area contributed by atoms with E-state index in [0.717, 1.165) is 40.8 Å². The van der Waals surface area contributed by atoms with Gasteiger partial charge in [-0.3, -0.25) is 4.68 Å². The van der Waals surface area contributed by atoms with Gasteiger partial charge in [0.1, 0.15) is 6.10 Å². The third kappa shape index (κ3) is 3.79. The Morgan fingerprint density at radius 2 is 1.97 bits per heavy atom. The van der Waals surface area contributed by atoms with Crippen LogP contribution in [0, 0.1) is 5.92 Å². The van der Waals surface area contributed by atoms with Gasteiger partial charge in [-0.1, -0.05) is 13.0 Å². The largest absolute Gasteiger partial charge is 0.469 e. The number of ether oxygens (including phenoxy) is 2. The zero-order chi connectivity index (χ0) is 19.8. The number of nitrogens with zero attached hydrogens (tertiary/aromatic N) is 4. The van der Waals surface area contributed by atoms with E-state index in [9.17, 15) is 0 Å². The van der Waals surface area contributed by atoms with E-state index in [0.29, 0.717) is 31.1 Å². The van der Waals surface area contributed by atoms with Gasteiger partial charge in [-0.05, 0) is 49.3 Å². The van der Waals surface area contributed by atoms with Crippen LogP contribution < -0.4 is 10.1 Å². The Bertz CT molecular complexity index is 1010. The number of benzene rings is 1. The highest BCUT2D eigenvalue weighted by atomic mass is 16.6. The molecule has 2 aromatic heterocycles. The summed E-state index contributed by atoms with van der Waals surface area (Å²) in [5.41, 5.74) is 3.01. The number of hydrogen-bond donors (Lipinski definition) is 1. The number of aromatic nitrogens is 4. The molecular formula is C22H27N5O2. The van der Waals surface area contributed by atoms with Crippen LogP contribution in [0.3, 0.4) is 0 Å². The van der Waals surface area contributed by atoms with Crippen molar-refractivity contribution in [2.75, 3.05) is 18.5 Å². The van der Waals surface area contributed by atoms with Gasteiger partial charge in [0.05, 0.1) is 30.5 Å². The summed E-state index contributed by atoms with van der Waals surface area (Å²) in [6, 6.07) is 6.69. The van der Waals surface area contributed by atoms with Crippen LogP contribution in [0.2, 0.25) is 0 Å². The second-order valence-corrected chi connectivity index (χ2v) is 8.33. The summed E-state index contributed by atoms with van der Waals surface area (Å²) in [5.74, 6) is 2.07. The summed E-state index contributed by atoms with van der Waals surface area (Å²) in [6.45, 7) is 3.54. The van der Waals surface area contributed by atoms with E-state index in [1.807, 2.05) is 24.1 Å². The summed E-state index contributed by atoms with van der Waals surface area (Å²) in [5, 5.41) is 8.94. The molecular weight excluding hydrogens is 366 g/mol. The molecule has 1 aliphatic carbocycles. The molecule has 0 atom stereocenters. The number of nitrogens with one attached hydrogen (secondary N) is 1. The SMILES string of the molecule is CC1CCC(Nc2ncc(-c3ccc4c(cnn4C)c3)c(OC3COC3)n2)CC1. The third-order valence-corrected chi connectivity index (χ3v) is 6.05. The average molecular weight is 393 g/mol. The second-order valence-electron chi connectivity index (χ2n) is 8.33. The van der Waals surface area contributed by atoms with E-state index >= 15 is 0 Å². The van der Waals surface area contributed by atoms with Crippen molar-refractivity contribution in [1.29, 1.82) is 0 Å². The molecule has 7 nitrogen and oxygen atoms in total. The Morgan fingerprint density at radius 3 is 2.72 bits per heavy atom. The Labute approximate surface area is 170 Å². The predicted molar refractivity (Wildman–Crippen MR) is 112 cm³/mol. The molecule has 1 N–H and O–H groups in total. The summed E-state index contributed by atoms with van der Waals surface area (Å²) in [4.78, 5) is 9.36. The zero-order valence-corrected chi connectivity index (χ0v) is 17.0. The lowest BCUT2D eigenvalue weighted by Crippen LogP contribution is -2.39. The molecule has 0 unspecified atom stereocenters. The topological polar surface area (TPSA) is 74.1 Å². The Hall–Kier alpha value is -2.67. The molecule has 2 fully saturated rings. The number of anilines is 1. The van der Waals surface area contributed by atoms with Crippen molar-refractivity contribution in [2.45, 2.75) is 44.8 Å². The minimum absolute atomic E-state index is 0.0501. The molecule has 0 radical (unpaired) electrons. The molecule has 1 saturated carbocycles. The first-order valence-electron chi connectivity index (χ1n) is 10.5. The van der Waals surface area contributed by atoms with E-state index in [1.165, 1.54) is 12.8 Å². The second kappa shape index (κ2) is 7.63. The standard InChI is InChI=1S/C22H27N5O2/c1-14-3-6-17(7-4-14)25-22-23-11-19(21(26-22)29-18-12-28-13-18)15-5-8-20-16(9-15)10-24-27(20)2/h5,8-11,14,17-18H,3-4,6-7,12-13H2,1-2H3,(H,23,25,26). The van der Waals surface area contributed by atoms with E-state index in [2.05, 4.69) is 40.5 Å². The number of fused-ring (bicyclic) bond motifs is 1. The maximum absolute atomic E-state index is 6.16. The van der Waals surface area contributed by atoms with Gasteiger partial charge in [0.2, 0.25) is 11.8 Å². The monoisotopic (exact) mass is 393 g/mol. The van der Waals surface area contributed by atoms with Gasteiger partial charge in [-0.25, -0.2) is 4.98 Å². The highest BCUT2D eigenvalue weighted by Gasteiger charge is 2.24. The number of hydrogen-bond acceptors (Lipinski definition) is 6. The van der Waals surface area contributed by atoms with Gasteiger partial charge in [-0.2, -0.15) is 10.1 Å². The van der Waals surface area contributed by atoms with Gasteiger partial charge in [0, 0.05) is 24.7 Å². The summed E-state index contributed by atoms with van der Waals surface area (Å²) >= 11 is 0. The first-order chi connectivity index (χ1) is 14.2. The minimum atomic E-state index is 0.0501. The lowest BCUT2D eigenvalue weighted by atomic mass is 9.87. The molecule has 2 aliphatic rings. The molecule has 3 heterocycles. The fourth-order valence-corrected chi connectivity index (χ4v) is 4.08. The molecule has 29 heavy (non-hydrogen) atoms. The van der Waals surface area contributed by atoms with Gasteiger partial charge < -0.3 is 14.8 Å². The fourth-order valence-electron chi connectivity index (χ4n) is 4.08. The molecule has 0 spiro atoms. The molecule has 0 bridgehead atoms. The molecule has 152 valence electrons. The minimum Gasteiger partial charge on any atom is -0.469 e. The first kappa shape index (κ1) is 18.4. The van der Waals surface area contributed by atoms with Crippen LogP contribution in [-0.4, -0.2) is 45.1 Å². The third-order valence-electron chi connectivity index (χ3n) is 6.05. The Balaban J connectivity index is 1.44. The molecule has 1 saturated heterocycles. The molecule has 7 heteroatoms. The van der Waals surface area contributed by atoms with Gasteiger partial charge >= 0.3 is 0 Å². The fraction of sp³-hybridized carbons (Fsp3) is 0.500. The molecule has 0 amide bonds. The average Bonchev–Trinajstić information content (AvgIpc) is 3.07. The van der Waals surface area contributed by atoms with Gasteiger partial charge in [-0.15, -0.1) is 0 Å². The maximum atomic E-state index is 6.16. The molecule has 5 rings (SSSR count). The maximum Gasteiger partial charge on any atom is 0.226 e. The van der Waals surface area contributed by atoms with Crippen LogP contribution in [0.4, 0.5) is 5.95 Å². The van der Waals surface area contributed by atoms with Crippen molar-refractivity contribution in [3.63, 3.8) is 0 Å². The van der Waals surface area contributed by atoms with E-state index in [-0.39, 0.29) is 6.10 Å². The highest BCUT2D eigenvalue weighted by molar-refractivity contribution is 5.85. The summed E-state index contributed by atoms with van der Waals surface area (Å²) in [6.07, 6.45) is 8.63. The summed E-state index contributed by atoms with van der Waals surface area (Å²) in [7, 11) is 1.95. The Morgan fingerprint density at radius 1 is 1.14 bits per heavy atom. The van der Waals surface area contributed by atoms with Gasteiger partial charge in [0.25, 0.3) is 0 Å². The normalized spacial score (nSPS) is 22.4. The highest BCUT2D eigenvalue weighted by Crippen LogP contribution is 2.33. The summed E-state index contributed by atoms with van der Waals surface area (Å²) < 4.78 is 13.3. The smallest absolute Gasteiger partial charge is 0.226 e. The van der Waals surface area contributed by atoms with Crippen molar-refractivity contribution < 1.29 is 9.47 Å². The quantitative estimate of drug-likeness (QED) is 0.711. The van der Waals surface area contributed by atoms with Crippen LogP contribution in [0.25, 0.3) is 22.0 Å². The van der Waals surface area contributed by atoms with Crippen LogP contribution in [0.5, 0.6) is 5.88 Å². The van der Waals surface area contributed by atoms with Crippen molar-refractivity contribution in [1.82, 2.24) is 19.7 Å². The number of rotatable bonds is 5. The van der Waals surface area contributed by atoms with Gasteiger partial charge in [0.15, 0.2) is 0 Å². The van der Waals surface area contributed by atoms with Crippen molar-refractivity contribution in [3.8, 4) is 17.0 Å². The lowest BCUT2D eigenvalue weighted by Gasteiger charge is -2.28. The first-order valence-corrected chi connectivity index (χ1v) is 10.5. The molecule has 3 aromatic rings. The van der Waals surface area contributed by atoms with E-state index < -0.39 is 0 Å². The van der Waals surface area contributed by atoms with E-state index in [1.54, 1.807) is 0 Å². The van der Waals surface area contributed by atoms with Crippen LogP contribution in [-0.2, 0) is 11.8 Å². The molecule has 1 aromatic carbocycles. The lowest BCUT2D eigenvalue weighted by molar-refractivity contribution is -0.0810. The van der Waals surface area contributed by atoms with Crippen LogP contribution in [0.1, 0.15) is 32.6 Å². The zero-order valence-electron chi connectivity index (χ0n) is 17.0. The van der Waals surface area contributed by atoms with Crippen LogP contribution in [0.15, 0.2) is 30.6 Å². The van der Waals surface area contributed by atoms with Crippen molar-refractivity contribution >= 4 is 16.9 Å². The Kier molecular flexibility index (Phi) is 4.83. The number of aryl methyl sites for hydroxylation is 1. The van der Waals surface area contributed by atoms with E-state index in [4.69, 9.17) is 14.5 Å².